The highest BCUT2D eigenvalue weighted by atomic mass is 32.1. The van der Waals surface area contributed by atoms with Crippen molar-refractivity contribution in [2.45, 2.75) is 38.6 Å². The first-order valence-corrected chi connectivity index (χ1v) is 13.4. The Hall–Kier alpha value is -4.23. The summed E-state index contributed by atoms with van der Waals surface area (Å²) in [6, 6.07) is 10.6. The summed E-state index contributed by atoms with van der Waals surface area (Å²) in [5.41, 5.74) is 6.81. The lowest BCUT2D eigenvalue weighted by Gasteiger charge is -2.38. The van der Waals surface area contributed by atoms with Crippen LogP contribution in [0, 0.1) is 17.6 Å². The smallest absolute Gasteiger partial charge is 0.323 e. The molecule has 5 N–H and O–H groups in total. The third-order valence-electron chi connectivity index (χ3n) is 6.65. The number of amides is 3. The van der Waals surface area contributed by atoms with Crippen LogP contribution in [0.5, 0.6) is 11.6 Å². The van der Waals surface area contributed by atoms with Crippen LogP contribution in [0.15, 0.2) is 54.9 Å². The standard InChI is InChI=1S/C28H31F2N7O3S/c1-28(2,31)18-9-11-37(12-10-18)27(39)35-23-15-25(33-16-32-23)40-22-8-7-20(14-21(22)30)34-26(41)36-24(38)13-17-3-5-19(29)6-4-17/h3-8,14-16,18H,9-13,31H2,1-2H3,(H,32,33,35,39)(H2,34,36,38,41). The molecule has 3 aromatic rings. The Kier molecular flexibility index (Phi) is 9.40. The van der Waals surface area contributed by atoms with E-state index in [4.69, 9.17) is 22.7 Å². The molecule has 1 fully saturated rings. The second kappa shape index (κ2) is 13.0. The number of thiocarbonyl (C=S) groups is 1. The highest BCUT2D eigenvalue weighted by Crippen LogP contribution is 2.28. The van der Waals surface area contributed by atoms with E-state index in [1.54, 1.807) is 4.90 Å². The summed E-state index contributed by atoms with van der Waals surface area (Å²) in [4.78, 5) is 34.6. The SMILES string of the molecule is CC(C)(N)C1CCN(C(=O)Nc2cc(Oc3ccc(NC(=S)NC(=O)Cc4ccc(F)cc4)cc3F)ncn2)CC1. The van der Waals surface area contributed by atoms with Crippen molar-refractivity contribution in [2.24, 2.45) is 11.7 Å². The maximum atomic E-state index is 14.8. The van der Waals surface area contributed by atoms with Crippen LogP contribution in [0.3, 0.4) is 0 Å². The summed E-state index contributed by atoms with van der Waals surface area (Å²) in [6.07, 6.45) is 2.82. The molecule has 0 unspecified atom stereocenters. The molecule has 0 spiro atoms. The van der Waals surface area contributed by atoms with Gasteiger partial charge in [0.1, 0.15) is 18.0 Å². The zero-order valence-electron chi connectivity index (χ0n) is 22.6. The quantitative estimate of drug-likeness (QED) is 0.297. The molecule has 2 heterocycles. The lowest BCUT2D eigenvalue weighted by Crippen LogP contribution is -2.49. The van der Waals surface area contributed by atoms with E-state index in [1.807, 2.05) is 13.8 Å². The predicted octanol–water partition coefficient (Wildman–Crippen LogP) is 4.58. The molecule has 0 atom stereocenters. The number of ether oxygens (including phenoxy) is 1. The van der Waals surface area contributed by atoms with E-state index in [1.165, 1.54) is 48.8 Å². The third kappa shape index (κ3) is 8.63. The van der Waals surface area contributed by atoms with Gasteiger partial charge in [0.25, 0.3) is 0 Å². The molecule has 0 aliphatic carbocycles. The van der Waals surface area contributed by atoms with Gasteiger partial charge in [-0.1, -0.05) is 12.1 Å². The Balaban J connectivity index is 1.29. The molecule has 41 heavy (non-hydrogen) atoms. The van der Waals surface area contributed by atoms with Gasteiger partial charge in [-0.3, -0.25) is 10.1 Å². The Morgan fingerprint density at radius 1 is 1.07 bits per heavy atom. The van der Waals surface area contributed by atoms with Crippen molar-refractivity contribution in [1.82, 2.24) is 20.2 Å². The second-order valence-corrected chi connectivity index (χ2v) is 10.7. The first kappa shape index (κ1) is 29.7. The van der Waals surface area contributed by atoms with Crippen molar-refractivity contribution >= 4 is 40.8 Å². The number of benzene rings is 2. The summed E-state index contributed by atoms with van der Waals surface area (Å²) >= 11 is 5.13. The van der Waals surface area contributed by atoms with Gasteiger partial charge >= 0.3 is 6.03 Å². The number of halogens is 2. The summed E-state index contributed by atoms with van der Waals surface area (Å²) in [7, 11) is 0. The van der Waals surface area contributed by atoms with Crippen LogP contribution in [-0.2, 0) is 11.2 Å². The first-order chi connectivity index (χ1) is 19.5. The number of nitrogens with one attached hydrogen (secondary N) is 3. The number of rotatable bonds is 7. The molecular formula is C28H31F2N7O3S. The van der Waals surface area contributed by atoms with Crippen LogP contribution < -0.4 is 26.4 Å². The van der Waals surface area contributed by atoms with E-state index in [-0.39, 0.29) is 46.2 Å². The molecule has 0 radical (unpaired) electrons. The molecule has 0 bridgehead atoms. The van der Waals surface area contributed by atoms with Crippen molar-refractivity contribution in [2.75, 3.05) is 23.7 Å². The maximum Gasteiger partial charge on any atom is 0.323 e. The van der Waals surface area contributed by atoms with Gasteiger partial charge < -0.3 is 26.0 Å². The number of hydrogen-bond acceptors (Lipinski definition) is 7. The average molecular weight is 584 g/mol. The second-order valence-electron chi connectivity index (χ2n) is 10.3. The molecule has 3 amide bonds. The molecule has 1 aliphatic rings. The zero-order chi connectivity index (χ0) is 29.6. The van der Waals surface area contributed by atoms with E-state index >= 15 is 0 Å². The molecule has 2 aromatic carbocycles. The van der Waals surface area contributed by atoms with E-state index in [9.17, 15) is 18.4 Å². The van der Waals surface area contributed by atoms with Crippen LogP contribution >= 0.6 is 12.2 Å². The Morgan fingerprint density at radius 2 is 1.78 bits per heavy atom. The molecule has 1 aromatic heterocycles. The van der Waals surface area contributed by atoms with E-state index in [0.717, 1.165) is 18.9 Å². The molecule has 1 aliphatic heterocycles. The van der Waals surface area contributed by atoms with Crippen molar-refractivity contribution in [1.29, 1.82) is 0 Å². The molecule has 13 heteroatoms. The fourth-order valence-electron chi connectivity index (χ4n) is 4.37. The summed E-state index contributed by atoms with van der Waals surface area (Å²) in [5.74, 6) is -1.07. The van der Waals surface area contributed by atoms with E-state index in [0.29, 0.717) is 24.6 Å². The lowest BCUT2D eigenvalue weighted by molar-refractivity contribution is -0.119. The van der Waals surface area contributed by atoms with Crippen molar-refractivity contribution < 1.29 is 23.1 Å². The number of carbonyl (C=O) groups excluding carboxylic acids is 2. The molecule has 4 rings (SSSR count). The number of carbonyl (C=O) groups is 2. The van der Waals surface area contributed by atoms with Gasteiger partial charge in [-0.2, -0.15) is 0 Å². The molecule has 10 nitrogen and oxygen atoms in total. The van der Waals surface area contributed by atoms with Crippen LogP contribution in [0.25, 0.3) is 0 Å². The molecule has 216 valence electrons. The third-order valence-corrected chi connectivity index (χ3v) is 6.85. The minimum Gasteiger partial charge on any atom is -0.436 e. The number of piperidine rings is 1. The molecule has 0 saturated carbocycles. The summed E-state index contributed by atoms with van der Waals surface area (Å²) in [5, 5.41) is 7.92. The van der Waals surface area contributed by atoms with Gasteiger partial charge in [-0.05, 0) is 74.7 Å². The topological polar surface area (TPSA) is 134 Å². The Labute approximate surface area is 241 Å². The van der Waals surface area contributed by atoms with E-state index < -0.39 is 17.5 Å². The predicted molar refractivity (Wildman–Crippen MR) is 155 cm³/mol. The number of nitrogens with two attached hydrogens (primary N) is 1. The van der Waals surface area contributed by atoms with E-state index in [2.05, 4.69) is 25.9 Å². The number of hydrogen-bond donors (Lipinski definition) is 4. The van der Waals surface area contributed by atoms with Crippen molar-refractivity contribution in [3.05, 3.63) is 72.1 Å². The fraction of sp³-hybridized carbons (Fsp3) is 0.321. The van der Waals surface area contributed by atoms with Crippen molar-refractivity contribution in [3.63, 3.8) is 0 Å². The summed E-state index contributed by atoms with van der Waals surface area (Å²) in [6.45, 7) is 5.16. The van der Waals surface area contributed by atoms with Crippen LogP contribution in [0.1, 0.15) is 32.3 Å². The highest BCUT2D eigenvalue weighted by molar-refractivity contribution is 7.80. The van der Waals surface area contributed by atoms with Crippen LogP contribution in [-0.4, -0.2) is 50.5 Å². The molecule has 1 saturated heterocycles. The first-order valence-electron chi connectivity index (χ1n) is 13.0. The number of aromatic nitrogens is 2. The largest absolute Gasteiger partial charge is 0.436 e. The Morgan fingerprint density at radius 3 is 2.44 bits per heavy atom. The minimum absolute atomic E-state index is 0.00423. The normalized spacial score (nSPS) is 13.8. The fourth-order valence-corrected chi connectivity index (χ4v) is 4.61. The highest BCUT2D eigenvalue weighted by Gasteiger charge is 2.31. The molecular weight excluding hydrogens is 552 g/mol. The number of nitrogens with zero attached hydrogens (tertiary/aromatic N) is 3. The summed E-state index contributed by atoms with van der Waals surface area (Å²) < 4.78 is 33.4. The van der Waals surface area contributed by atoms with Crippen LogP contribution in [0.4, 0.5) is 25.1 Å². The van der Waals surface area contributed by atoms with Gasteiger partial charge in [0.05, 0.1) is 6.42 Å². The van der Waals surface area contributed by atoms with Gasteiger partial charge in [-0.15, -0.1) is 0 Å². The van der Waals surface area contributed by atoms with Crippen LogP contribution in [0.2, 0.25) is 0 Å². The monoisotopic (exact) mass is 583 g/mol. The lowest BCUT2D eigenvalue weighted by atomic mass is 9.81. The number of urea groups is 1. The zero-order valence-corrected chi connectivity index (χ0v) is 23.4. The minimum atomic E-state index is -0.717. The van der Waals surface area contributed by atoms with Gasteiger partial charge in [0, 0.05) is 36.4 Å². The number of likely N-dealkylation sites (tertiary alicyclic amines) is 1. The average Bonchev–Trinajstić information content (AvgIpc) is 2.91. The van der Waals surface area contributed by atoms with Gasteiger partial charge in [0.2, 0.25) is 11.8 Å². The Bertz CT molecular complexity index is 1410. The van der Waals surface area contributed by atoms with Gasteiger partial charge in [0.15, 0.2) is 16.7 Å². The van der Waals surface area contributed by atoms with Gasteiger partial charge in [-0.25, -0.2) is 23.5 Å². The maximum absolute atomic E-state index is 14.8. The van der Waals surface area contributed by atoms with Crippen molar-refractivity contribution in [3.8, 4) is 11.6 Å². The number of anilines is 2.